The summed E-state index contributed by atoms with van der Waals surface area (Å²) in [5.41, 5.74) is 2.98. The Hall–Kier alpha value is -0.820. The summed E-state index contributed by atoms with van der Waals surface area (Å²) in [6, 6.07) is 8.63. The predicted octanol–water partition coefficient (Wildman–Crippen LogP) is 1.99. The van der Waals surface area contributed by atoms with Crippen molar-refractivity contribution >= 4 is 0 Å². The van der Waals surface area contributed by atoms with Gasteiger partial charge in [-0.25, -0.2) is 0 Å². The highest BCUT2D eigenvalue weighted by molar-refractivity contribution is 5.26. The largest absolute Gasteiger partial charge is 0.412 e. The highest BCUT2D eigenvalue weighted by atomic mass is 16.0. The Morgan fingerprint density at radius 2 is 1.27 bits per heavy atom. The van der Waals surface area contributed by atoms with Crippen molar-refractivity contribution < 1.29 is 5.48 Å². The van der Waals surface area contributed by atoms with Crippen LogP contribution in [0.2, 0.25) is 0 Å². The lowest BCUT2D eigenvalue weighted by atomic mass is 10.0. The second-order valence-corrected chi connectivity index (χ2v) is 2.48. The molecule has 0 bridgehead atoms. The van der Waals surface area contributed by atoms with Crippen LogP contribution in [0.25, 0.3) is 0 Å². The van der Waals surface area contributed by atoms with Crippen molar-refractivity contribution in [2.24, 2.45) is 0 Å². The maximum absolute atomic E-state index is 2.21. The summed E-state index contributed by atoms with van der Waals surface area (Å²) in [4.78, 5) is 0. The van der Waals surface area contributed by atoms with E-state index in [1.807, 2.05) is 0 Å². The first kappa shape index (κ1) is 10.2. The van der Waals surface area contributed by atoms with Gasteiger partial charge in [-0.3, -0.25) is 0 Å². The molecule has 0 amide bonds. The Bertz CT molecular complexity index is 183. The van der Waals surface area contributed by atoms with Gasteiger partial charge in [0.25, 0.3) is 0 Å². The van der Waals surface area contributed by atoms with Crippen LogP contribution in [0.4, 0.5) is 0 Å². The molecule has 1 heteroatoms. The van der Waals surface area contributed by atoms with Gasteiger partial charge in [-0.1, -0.05) is 38.1 Å². The van der Waals surface area contributed by atoms with Crippen molar-refractivity contribution in [1.29, 1.82) is 0 Å². The van der Waals surface area contributed by atoms with Gasteiger partial charge in [0.05, 0.1) is 0 Å². The minimum atomic E-state index is 0. The van der Waals surface area contributed by atoms with Crippen molar-refractivity contribution in [3.63, 3.8) is 0 Å². The van der Waals surface area contributed by atoms with E-state index in [0.717, 1.165) is 12.8 Å². The maximum Gasteiger partial charge on any atom is -0.0305 e. The van der Waals surface area contributed by atoms with E-state index in [9.17, 15) is 0 Å². The first-order chi connectivity index (χ1) is 4.88. The molecule has 0 aliphatic carbocycles. The molecular formula is C10H16O. The van der Waals surface area contributed by atoms with Crippen molar-refractivity contribution in [1.82, 2.24) is 0 Å². The highest BCUT2D eigenvalue weighted by Crippen LogP contribution is 2.08. The van der Waals surface area contributed by atoms with E-state index in [-0.39, 0.29) is 5.48 Å². The molecule has 0 aliphatic heterocycles. The zero-order chi connectivity index (χ0) is 7.40. The summed E-state index contributed by atoms with van der Waals surface area (Å²) in [5, 5.41) is 0. The number of rotatable bonds is 2. The molecule has 2 N–H and O–H groups in total. The summed E-state index contributed by atoms with van der Waals surface area (Å²) in [7, 11) is 0. The van der Waals surface area contributed by atoms with Crippen LogP contribution in [0.15, 0.2) is 24.3 Å². The molecule has 0 atom stereocenters. The van der Waals surface area contributed by atoms with E-state index in [4.69, 9.17) is 0 Å². The first-order valence-electron chi connectivity index (χ1n) is 3.95. The molecule has 11 heavy (non-hydrogen) atoms. The molecule has 0 radical (unpaired) electrons. The van der Waals surface area contributed by atoms with Crippen LogP contribution in [0.1, 0.15) is 25.0 Å². The molecular weight excluding hydrogens is 136 g/mol. The molecule has 1 aromatic rings. The van der Waals surface area contributed by atoms with Gasteiger partial charge in [-0.15, -0.1) is 0 Å². The summed E-state index contributed by atoms with van der Waals surface area (Å²) in [5.74, 6) is 0. The second kappa shape index (κ2) is 4.91. The molecule has 0 heterocycles. The molecule has 1 rings (SSSR count). The highest BCUT2D eigenvalue weighted by Gasteiger charge is 1.93. The lowest BCUT2D eigenvalue weighted by Crippen LogP contribution is -1.88. The molecule has 0 aliphatic rings. The van der Waals surface area contributed by atoms with Crippen LogP contribution in [0.5, 0.6) is 0 Å². The van der Waals surface area contributed by atoms with Gasteiger partial charge in [0, 0.05) is 0 Å². The van der Waals surface area contributed by atoms with E-state index >= 15 is 0 Å². The minimum absolute atomic E-state index is 0. The van der Waals surface area contributed by atoms with Crippen LogP contribution in [-0.2, 0) is 12.8 Å². The van der Waals surface area contributed by atoms with Crippen LogP contribution in [0.3, 0.4) is 0 Å². The summed E-state index contributed by atoms with van der Waals surface area (Å²) in [6.07, 6.45) is 2.31. The van der Waals surface area contributed by atoms with Gasteiger partial charge >= 0.3 is 0 Å². The molecule has 1 nitrogen and oxygen atoms in total. The topological polar surface area (TPSA) is 31.5 Å². The fourth-order valence-corrected chi connectivity index (χ4v) is 1.25. The summed E-state index contributed by atoms with van der Waals surface area (Å²) < 4.78 is 0. The van der Waals surface area contributed by atoms with E-state index in [0.29, 0.717) is 0 Å². The van der Waals surface area contributed by atoms with Gasteiger partial charge in [-0.2, -0.15) is 0 Å². The van der Waals surface area contributed by atoms with Crippen LogP contribution >= 0.6 is 0 Å². The van der Waals surface area contributed by atoms with E-state index in [2.05, 4.69) is 38.1 Å². The SMILES string of the molecule is CCc1ccccc1CC.O. The Balaban J connectivity index is 0.000001000. The standard InChI is InChI=1S/C10H14.H2O/c1-3-9-7-5-6-8-10(9)4-2;/h5-8H,3-4H2,1-2H3;1H2. The third-order valence-corrected chi connectivity index (χ3v) is 1.88. The Kier molecular flexibility index (Phi) is 4.55. The number of hydrogen-bond donors (Lipinski definition) is 0. The zero-order valence-corrected chi connectivity index (χ0v) is 7.22. The Labute approximate surface area is 68.4 Å². The van der Waals surface area contributed by atoms with Gasteiger partial charge in [0.15, 0.2) is 0 Å². The van der Waals surface area contributed by atoms with Crippen molar-refractivity contribution in [3.8, 4) is 0 Å². The lowest BCUT2D eigenvalue weighted by molar-refractivity contribution is 0.824. The van der Waals surface area contributed by atoms with Gasteiger partial charge in [0.1, 0.15) is 0 Å². The Morgan fingerprint density at radius 1 is 0.909 bits per heavy atom. The van der Waals surface area contributed by atoms with Gasteiger partial charge < -0.3 is 5.48 Å². The fraction of sp³-hybridized carbons (Fsp3) is 0.400. The maximum atomic E-state index is 2.21. The Morgan fingerprint density at radius 3 is 1.55 bits per heavy atom. The molecule has 0 spiro atoms. The van der Waals surface area contributed by atoms with Crippen molar-refractivity contribution in [2.45, 2.75) is 26.7 Å². The monoisotopic (exact) mass is 152 g/mol. The number of aryl methyl sites for hydroxylation is 2. The predicted molar refractivity (Wildman–Crippen MR) is 48.8 cm³/mol. The molecule has 0 aromatic heterocycles. The van der Waals surface area contributed by atoms with Crippen LogP contribution in [0, 0.1) is 0 Å². The first-order valence-corrected chi connectivity index (χ1v) is 3.95. The molecule has 1 aromatic carbocycles. The van der Waals surface area contributed by atoms with E-state index in [1.54, 1.807) is 0 Å². The third kappa shape index (κ3) is 2.35. The number of benzene rings is 1. The number of hydrogen-bond acceptors (Lipinski definition) is 0. The smallest absolute Gasteiger partial charge is 0.0305 e. The van der Waals surface area contributed by atoms with Gasteiger partial charge in [-0.05, 0) is 24.0 Å². The van der Waals surface area contributed by atoms with E-state index in [1.165, 1.54) is 11.1 Å². The molecule has 62 valence electrons. The molecule has 0 unspecified atom stereocenters. The summed E-state index contributed by atoms with van der Waals surface area (Å²) in [6.45, 7) is 4.41. The lowest BCUT2D eigenvalue weighted by Gasteiger charge is -2.02. The normalized spacial score (nSPS) is 8.91. The molecule has 0 fully saturated rings. The zero-order valence-electron chi connectivity index (χ0n) is 7.22. The minimum Gasteiger partial charge on any atom is -0.412 e. The van der Waals surface area contributed by atoms with Crippen molar-refractivity contribution in [2.75, 3.05) is 0 Å². The summed E-state index contributed by atoms with van der Waals surface area (Å²) >= 11 is 0. The molecule has 0 saturated heterocycles. The second-order valence-electron chi connectivity index (χ2n) is 2.48. The molecule has 0 saturated carbocycles. The van der Waals surface area contributed by atoms with E-state index < -0.39 is 0 Å². The van der Waals surface area contributed by atoms with Crippen molar-refractivity contribution in [3.05, 3.63) is 35.4 Å². The average molecular weight is 152 g/mol. The van der Waals surface area contributed by atoms with Gasteiger partial charge in [0.2, 0.25) is 0 Å². The fourth-order valence-electron chi connectivity index (χ4n) is 1.25. The average Bonchev–Trinajstić information content (AvgIpc) is 2.04. The van der Waals surface area contributed by atoms with Crippen LogP contribution in [-0.4, -0.2) is 5.48 Å². The van der Waals surface area contributed by atoms with Crippen LogP contribution < -0.4 is 0 Å². The quantitative estimate of drug-likeness (QED) is 0.620. The third-order valence-electron chi connectivity index (χ3n) is 1.88.